The summed E-state index contributed by atoms with van der Waals surface area (Å²) in [6, 6.07) is 1.55. The van der Waals surface area contributed by atoms with Crippen molar-refractivity contribution in [2.45, 2.75) is 11.3 Å². The Morgan fingerprint density at radius 1 is 1.15 bits per heavy atom. The van der Waals surface area contributed by atoms with Gasteiger partial charge in [0.05, 0.1) is 12.4 Å². The minimum absolute atomic E-state index is 0.144. The van der Waals surface area contributed by atoms with Gasteiger partial charge in [-0.25, -0.2) is 17.2 Å². The first-order valence-electron chi connectivity index (χ1n) is 5.92. The van der Waals surface area contributed by atoms with Gasteiger partial charge in [0.1, 0.15) is 16.5 Å². The van der Waals surface area contributed by atoms with Crippen LogP contribution in [0.25, 0.3) is 0 Å². The van der Waals surface area contributed by atoms with E-state index in [1.807, 2.05) is 0 Å². The van der Waals surface area contributed by atoms with Gasteiger partial charge in [-0.05, 0) is 18.6 Å². The Morgan fingerprint density at radius 3 is 2.30 bits per heavy atom. The Balaban J connectivity index is 2.66. The number of hydrogen-bond acceptors (Lipinski definition) is 5. The topological polar surface area (TPSA) is 78.6 Å². The van der Waals surface area contributed by atoms with Gasteiger partial charge in [-0.1, -0.05) is 0 Å². The summed E-state index contributed by atoms with van der Waals surface area (Å²) in [5.74, 6) is -2.89. The fourth-order valence-corrected chi connectivity index (χ4v) is 2.81. The van der Waals surface area contributed by atoms with Crippen LogP contribution in [0.15, 0.2) is 17.0 Å². The second kappa shape index (κ2) is 7.51. The molecule has 0 unspecified atom stereocenters. The number of anilines is 1. The molecule has 114 valence electrons. The zero-order chi connectivity index (χ0) is 15.2. The van der Waals surface area contributed by atoms with Crippen LogP contribution in [0.5, 0.6) is 0 Å². The first kappa shape index (κ1) is 16.8. The molecule has 0 bridgehead atoms. The summed E-state index contributed by atoms with van der Waals surface area (Å²) < 4.78 is 60.6. The molecule has 1 aromatic rings. The quantitative estimate of drug-likeness (QED) is 0.579. The summed E-state index contributed by atoms with van der Waals surface area (Å²) in [6.45, 7) is 0.666. The van der Waals surface area contributed by atoms with Gasteiger partial charge in [-0.15, -0.1) is 0 Å². The predicted octanol–water partition coefficient (Wildman–Crippen LogP) is 1.37. The van der Waals surface area contributed by atoms with Crippen LogP contribution in [-0.4, -0.2) is 41.1 Å². The van der Waals surface area contributed by atoms with E-state index in [2.05, 4.69) is 0 Å². The molecule has 0 spiro atoms. The van der Waals surface area contributed by atoms with E-state index < -0.39 is 32.1 Å². The van der Waals surface area contributed by atoms with Gasteiger partial charge in [-0.3, -0.25) is 0 Å². The highest BCUT2D eigenvalue weighted by molar-refractivity contribution is 7.91. The maximum atomic E-state index is 13.5. The van der Waals surface area contributed by atoms with Crippen molar-refractivity contribution >= 4 is 15.5 Å². The molecule has 0 saturated heterocycles. The number of ether oxygens (including phenoxy) is 2. The van der Waals surface area contributed by atoms with Crippen LogP contribution in [-0.2, 0) is 19.3 Å². The van der Waals surface area contributed by atoms with Crippen molar-refractivity contribution in [3.63, 3.8) is 0 Å². The van der Waals surface area contributed by atoms with Gasteiger partial charge < -0.3 is 15.2 Å². The van der Waals surface area contributed by atoms with Crippen LogP contribution < -0.4 is 5.73 Å². The van der Waals surface area contributed by atoms with Gasteiger partial charge in [0.2, 0.25) is 0 Å². The number of benzene rings is 1. The largest absolute Gasteiger partial charge is 0.399 e. The van der Waals surface area contributed by atoms with Crippen LogP contribution in [0.2, 0.25) is 0 Å². The summed E-state index contributed by atoms with van der Waals surface area (Å²) in [7, 11) is -2.55. The third kappa shape index (κ3) is 4.69. The molecular weight excluding hydrogens is 292 g/mol. The van der Waals surface area contributed by atoms with E-state index in [0.29, 0.717) is 19.6 Å². The van der Waals surface area contributed by atoms with Gasteiger partial charge in [0.25, 0.3) is 0 Å². The van der Waals surface area contributed by atoms with Crippen molar-refractivity contribution in [3.05, 3.63) is 23.8 Å². The number of rotatable bonds is 8. The number of halogens is 2. The molecule has 0 saturated carbocycles. The molecule has 0 aliphatic carbocycles. The highest BCUT2D eigenvalue weighted by Gasteiger charge is 2.24. The average Bonchev–Trinajstić information content (AvgIpc) is 2.31. The number of methoxy groups -OCH3 is 1. The fourth-order valence-electron chi connectivity index (χ4n) is 1.55. The molecule has 0 heterocycles. The smallest absolute Gasteiger partial charge is 0.186 e. The molecule has 0 fully saturated rings. The zero-order valence-corrected chi connectivity index (χ0v) is 11.9. The SMILES string of the molecule is COCCCOCCS(=O)(=O)c1c(F)cc(N)cc1F. The average molecular weight is 309 g/mol. The van der Waals surface area contributed by atoms with E-state index in [1.165, 1.54) is 7.11 Å². The lowest BCUT2D eigenvalue weighted by Gasteiger charge is -2.08. The molecule has 0 aromatic heterocycles. The first-order chi connectivity index (χ1) is 9.38. The molecule has 1 rings (SSSR count). The summed E-state index contributed by atoms with van der Waals surface area (Å²) in [5, 5.41) is 0. The van der Waals surface area contributed by atoms with E-state index >= 15 is 0 Å². The maximum Gasteiger partial charge on any atom is 0.186 e. The Kier molecular flexibility index (Phi) is 6.31. The molecule has 20 heavy (non-hydrogen) atoms. The molecule has 0 amide bonds. The van der Waals surface area contributed by atoms with Crippen molar-refractivity contribution in [1.29, 1.82) is 0 Å². The Hall–Kier alpha value is -1.25. The summed E-state index contributed by atoms with van der Waals surface area (Å²) in [5.41, 5.74) is 5.06. The first-order valence-corrected chi connectivity index (χ1v) is 7.57. The van der Waals surface area contributed by atoms with E-state index in [1.54, 1.807) is 0 Å². The molecule has 0 radical (unpaired) electrons. The summed E-state index contributed by atoms with van der Waals surface area (Å²) in [6.07, 6.45) is 0.612. The molecule has 1 aromatic carbocycles. The van der Waals surface area contributed by atoms with Crippen molar-refractivity contribution in [1.82, 2.24) is 0 Å². The number of nitrogen functional groups attached to an aromatic ring is 1. The number of nitrogens with two attached hydrogens (primary N) is 1. The van der Waals surface area contributed by atoms with E-state index in [-0.39, 0.29) is 12.3 Å². The molecule has 0 atom stereocenters. The van der Waals surface area contributed by atoms with Gasteiger partial charge in [0.15, 0.2) is 9.84 Å². The van der Waals surface area contributed by atoms with Crippen LogP contribution in [0.4, 0.5) is 14.5 Å². The lowest BCUT2D eigenvalue weighted by atomic mass is 10.3. The minimum Gasteiger partial charge on any atom is -0.399 e. The summed E-state index contributed by atoms with van der Waals surface area (Å²) >= 11 is 0. The lowest BCUT2D eigenvalue weighted by Crippen LogP contribution is -2.16. The van der Waals surface area contributed by atoms with E-state index in [0.717, 1.165) is 12.1 Å². The normalized spacial score (nSPS) is 11.8. The van der Waals surface area contributed by atoms with Crippen molar-refractivity contribution in [3.8, 4) is 0 Å². The minimum atomic E-state index is -4.09. The fraction of sp³-hybridized carbons (Fsp3) is 0.500. The van der Waals surface area contributed by atoms with Crippen LogP contribution >= 0.6 is 0 Å². The third-order valence-corrected chi connectivity index (χ3v) is 4.18. The molecule has 2 N–H and O–H groups in total. The van der Waals surface area contributed by atoms with E-state index in [9.17, 15) is 17.2 Å². The predicted molar refractivity (Wildman–Crippen MR) is 70.1 cm³/mol. The monoisotopic (exact) mass is 309 g/mol. The number of hydrogen-bond donors (Lipinski definition) is 1. The standard InChI is InChI=1S/C12H17F2NO4S/c1-18-3-2-4-19-5-6-20(16,17)12-10(13)7-9(15)8-11(12)14/h7-8H,2-6,15H2,1H3. The summed E-state index contributed by atoms with van der Waals surface area (Å²) in [4.78, 5) is -0.966. The van der Waals surface area contributed by atoms with Crippen molar-refractivity contribution in [2.24, 2.45) is 0 Å². The van der Waals surface area contributed by atoms with Crippen LogP contribution in [0.3, 0.4) is 0 Å². The molecule has 5 nitrogen and oxygen atoms in total. The Morgan fingerprint density at radius 2 is 1.75 bits per heavy atom. The zero-order valence-electron chi connectivity index (χ0n) is 11.1. The molecular formula is C12H17F2NO4S. The van der Waals surface area contributed by atoms with Gasteiger partial charge in [-0.2, -0.15) is 0 Å². The number of sulfone groups is 1. The highest BCUT2D eigenvalue weighted by atomic mass is 32.2. The van der Waals surface area contributed by atoms with Crippen molar-refractivity contribution < 1.29 is 26.7 Å². The van der Waals surface area contributed by atoms with Crippen molar-refractivity contribution in [2.75, 3.05) is 38.4 Å². The van der Waals surface area contributed by atoms with E-state index in [4.69, 9.17) is 15.2 Å². The highest BCUT2D eigenvalue weighted by Crippen LogP contribution is 2.22. The Bertz CT molecular complexity index is 525. The molecule has 0 aliphatic heterocycles. The molecule has 0 aliphatic rings. The third-order valence-electron chi connectivity index (χ3n) is 2.47. The second-order valence-corrected chi connectivity index (χ2v) is 6.14. The lowest BCUT2D eigenvalue weighted by molar-refractivity contribution is 0.112. The van der Waals surface area contributed by atoms with Gasteiger partial charge in [0, 0.05) is 26.0 Å². The molecule has 8 heteroatoms. The Labute approximate surface area is 116 Å². The van der Waals surface area contributed by atoms with Crippen LogP contribution in [0, 0.1) is 11.6 Å². The maximum absolute atomic E-state index is 13.5. The van der Waals surface area contributed by atoms with Crippen LogP contribution in [0.1, 0.15) is 6.42 Å². The second-order valence-electron chi connectivity index (χ2n) is 4.09. The van der Waals surface area contributed by atoms with Gasteiger partial charge >= 0.3 is 0 Å².